The number of fused-ring (bicyclic) bond motifs is 1. The van der Waals surface area contributed by atoms with Crippen molar-refractivity contribution in [2.24, 2.45) is 0 Å². The van der Waals surface area contributed by atoms with Gasteiger partial charge in [-0.15, -0.1) is 0 Å². The third-order valence-corrected chi connectivity index (χ3v) is 6.65. The van der Waals surface area contributed by atoms with Gasteiger partial charge in [-0.3, -0.25) is 0 Å². The summed E-state index contributed by atoms with van der Waals surface area (Å²) in [5.41, 5.74) is 3.08. The fourth-order valence-electron chi connectivity index (χ4n) is 3.35. The molecule has 0 aromatic heterocycles. The molecule has 1 aliphatic carbocycles. The second-order valence-electron chi connectivity index (χ2n) is 5.60. The van der Waals surface area contributed by atoms with Crippen molar-refractivity contribution < 1.29 is 0 Å². The van der Waals surface area contributed by atoms with Crippen molar-refractivity contribution in [3.63, 3.8) is 0 Å². The Kier molecular flexibility index (Phi) is 4.78. The number of hydrogen-bond donors (Lipinski definition) is 1. The molecule has 0 spiro atoms. The Morgan fingerprint density at radius 3 is 2.95 bits per heavy atom. The van der Waals surface area contributed by atoms with Crippen molar-refractivity contribution in [3.05, 3.63) is 35.4 Å². The first-order valence-corrected chi connectivity index (χ1v) is 9.77. The molecule has 1 aromatic rings. The second kappa shape index (κ2) is 6.55. The van der Waals surface area contributed by atoms with Gasteiger partial charge in [0.25, 0.3) is 0 Å². The quantitative estimate of drug-likeness (QED) is 0.895. The first kappa shape index (κ1) is 13.8. The van der Waals surface area contributed by atoms with E-state index in [9.17, 15) is 0 Å². The van der Waals surface area contributed by atoms with Crippen LogP contribution in [0.2, 0.25) is 0 Å². The summed E-state index contributed by atoms with van der Waals surface area (Å²) >= 11 is 4.13. The molecule has 3 heteroatoms. The Bertz CT molecular complexity index is 421. The van der Waals surface area contributed by atoms with Crippen LogP contribution in [-0.4, -0.2) is 23.3 Å². The topological polar surface area (TPSA) is 12.0 Å². The van der Waals surface area contributed by atoms with E-state index in [0.29, 0.717) is 12.1 Å². The van der Waals surface area contributed by atoms with Gasteiger partial charge in [0, 0.05) is 28.8 Å². The lowest BCUT2D eigenvalue weighted by Gasteiger charge is -2.36. The lowest BCUT2D eigenvalue weighted by atomic mass is 9.93. The summed E-state index contributed by atoms with van der Waals surface area (Å²) < 4.78 is 0. The van der Waals surface area contributed by atoms with Crippen LogP contribution in [0.1, 0.15) is 42.9 Å². The zero-order chi connectivity index (χ0) is 13.1. The Labute approximate surface area is 125 Å². The summed E-state index contributed by atoms with van der Waals surface area (Å²) in [7, 11) is 0. The summed E-state index contributed by atoms with van der Waals surface area (Å²) in [6.45, 7) is 0. The molecular weight excluding hydrogens is 270 g/mol. The molecule has 0 amide bonds. The smallest absolute Gasteiger partial charge is 0.0417 e. The average Bonchev–Trinajstić information content (AvgIpc) is 2.48. The van der Waals surface area contributed by atoms with Crippen molar-refractivity contribution in [2.45, 2.75) is 48.8 Å². The molecule has 1 heterocycles. The van der Waals surface area contributed by atoms with E-state index in [1.165, 1.54) is 42.8 Å². The van der Waals surface area contributed by atoms with E-state index in [-0.39, 0.29) is 0 Å². The first-order valence-electron chi connectivity index (χ1n) is 7.33. The van der Waals surface area contributed by atoms with Crippen molar-refractivity contribution in [2.75, 3.05) is 12.0 Å². The van der Waals surface area contributed by atoms with Gasteiger partial charge in [-0.25, -0.2) is 0 Å². The van der Waals surface area contributed by atoms with E-state index in [1.807, 2.05) is 0 Å². The van der Waals surface area contributed by atoms with E-state index in [0.717, 1.165) is 5.25 Å². The van der Waals surface area contributed by atoms with Crippen molar-refractivity contribution in [3.8, 4) is 0 Å². The zero-order valence-electron chi connectivity index (χ0n) is 11.6. The standard InChI is InChI=1S/C16H23NS2/c1-18-16-9-5-4-8-14(16)17-15-11-19-10-12-6-2-3-7-13(12)15/h2-3,6-7,14-17H,4-5,8-11H2,1H3. The van der Waals surface area contributed by atoms with Gasteiger partial charge >= 0.3 is 0 Å². The highest BCUT2D eigenvalue weighted by molar-refractivity contribution is 7.99. The zero-order valence-corrected chi connectivity index (χ0v) is 13.2. The monoisotopic (exact) mass is 293 g/mol. The SMILES string of the molecule is CSC1CCCCC1NC1CSCc2ccccc21. The van der Waals surface area contributed by atoms with Crippen LogP contribution in [0, 0.1) is 0 Å². The van der Waals surface area contributed by atoms with Crippen LogP contribution in [0.15, 0.2) is 24.3 Å². The molecule has 3 rings (SSSR count). The first-order chi connectivity index (χ1) is 9.38. The van der Waals surface area contributed by atoms with Crippen LogP contribution in [0.25, 0.3) is 0 Å². The van der Waals surface area contributed by atoms with Crippen LogP contribution >= 0.6 is 23.5 Å². The van der Waals surface area contributed by atoms with E-state index >= 15 is 0 Å². The third kappa shape index (κ3) is 3.14. The van der Waals surface area contributed by atoms with E-state index in [4.69, 9.17) is 0 Å². The third-order valence-electron chi connectivity index (χ3n) is 4.39. The normalized spacial score (nSPS) is 30.9. The van der Waals surface area contributed by atoms with E-state index in [1.54, 1.807) is 5.56 Å². The van der Waals surface area contributed by atoms with Gasteiger partial charge in [-0.1, -0.05) is 37.1 Å². The van der Waals surface area contributed by atoms with Gasteiger partial charge in [0.15, 0.2) is 0 Å². The van der Waals surface area contributed by atoms with Gasteiger partial charge in [-0.05, 0) is 30.2 Å². The Morgan fingerprint density at radius 2 is 2.05 bits per heavy atom. The lowest BCUT2D eigenvalue weighted by molar-refractivity contribution is 0.357. The predicted molar refractivity (Wildman–Crippen MR) is 88.0 cm³/mol. The molecular formula is C16H23NS2. The summed E-state index contributed by atoms with van der Waals surface area (Å²) in [4.78, 5) is 0. The lowest BCUT2D eigenvalue weighted by Crippen LogP contribution is -2.43. The van der Waals surface area contributed by atoms with Crippen molar-refractivity contribution in [1.82, 2.24) is 5.32 Å². The molecule has 3 atom stereocenters. The maximum absolute atomic E-state index is 3.97. The summed E-state index contributed by atoms with van der Waals surface area (Å²) in [5, 5.41) is 4.79. The second-order valence-corrected chi connectivity index (χ2v) is 7.71. The molecule has 1 aromatic carbocycles. The van der Waals surface area contributed by atoms with Crippen LogP contribution in [0.5, 0.6) is 0 Å². The number of nitrogens with one attached hydrogen (secondary N) is 1. The minimum atomic E-state index is 0.563. The maximum atomic E-state index is 3.97. The molecule has 19 heavy (non-hydrogen) atoms. The number of benzene rings is 1. The van der Waals surface area contributed by atoms with Crippen molar-refractivity contribution in [1.29, 1.82) is 0 Å². The highest BCUT2D eigenvalue weighted by Crippen LogP contribution is 2.34. The minimum Gasteiger partial charge on any atom is -0.305 e. The van der Waals surface area contributed by atoms with Crippen LogP contribution in [-0.2, 0) is 5.75 Å². The van der Waals surface area contributed by atoms with Gasteiger partial charge in [-0.2, -0.15) is 23.5 Å². The molecule has 3 unspecified atom stereocenters. The van der Waals surface area contributed by atoms with Crippen LogP contribution < -0.4 is 5.32 Å². The highest BCUT2D eigenvalue weighted by Gasteiger charge is 2.28. The van der Waals surface area contributed by atoms with E-state index in [2.05, 4.69) is 59.4 Å². The average molecular weight is 294 g/mol. The van der Waals surface area contributed by atoms with Crippen LogP contribution in [0.4, 0.5) is 0 Å². The fraction of sp³-hybridized carbons (Fsp3) is 0.625. The van der Waals surface area contributed by atoms with Gasteiger partial charge in [0.05, 0.1) is 0 Å². The predicted octanol–water partition coefficient (Wildman–Crippen LogP) is 4.24. The fourth-order valence-corrected chi connectivity index (χ4v) is 5.41. The van der Waals surface area contributed by atoms with Gasteiger partial charge < -0.3 is 5.32 Å². The number of rotatable bonds is 3. The highest BCUT2D eigenvalue weighted by atomic mass is 32.2. The largest absolute Gasteiger partial charge is 0.305 e. The summed E-state index contributed by atoms with van der Waals surface area (Å²) in [5.74, 6) is 2.42. The number of hydrogen-bond acceptors (Lipinski definition) is 3. The van der Waals surface area contributed by atoms with Gasteiger partial charge in [0.2, 0.25) is 0 Å². The molecule has 0 bridgehead atoms. The van der Waals surface area contributed by atoms with Crippen molar-refractivity contribution >= 4 is 23.5 Å². The van der Waals surface area contributed by atoms with Crippen LogP contribution in [0.3, 0.4) is 0 Å². The van der Waals surface area contributed by atoms with Gasteiger partial charge in [0.1, 0.15) is 0 Å². The summed E-state index contributed by atoms with van der Waals surface area (Å²) in [6.07, 6.45) is 7.83. The molecule has 1 aliphatic heterocycles. The Hall–Kier alpha value is -0.120. The van der Waals surface area contributed by atoms with E-state index < -0.39 is 0 Å². The molecule has 0 saturated heterocycles. The Balaban J connectivity index is 1.73. The Morgan fingerprint density at radius 1 is 1.21 bits per heavy atom. The molecule has 1 saturated carbocycles. The minimum absolute atomic E-state index is 0.563. The maximum Gasteiger partial charge on any atom is 0.0417 e. The summed E-state index contributed by atoms with van der Waals surface area (Å²) in [6, 6.07) is 10.3. The molecule has 104 valence electrons. The number of thioether (sulfide) groups is 2. The molecule has 1 nitrogen and oxygen atoms in total. The molecule has 0 radical (unpaired) electrons. The molecule has 2 aliphatic rings. The molecule has 1 fully saturated rings. The molecule has 1 N–H and O–H groups in total.